The van der Waals surface area contributed by atoms with E-state index in [1.807, 2.05) is 35.8 Å². The molecule has 0 unspecified atom stereocenters. The Morgan fingerprint density at radius 3 is 2.39 bits per heavy atom. The number of urea groups is 1. The van der Waals surface area contributed by atoms with E-state index in [-0.39, 0.29) is 18.9 Å². The van der Waals surface area contributed by atoms with E-state index in [0.717, 1.165) is 31.2 Å². The first kappa shape index (κ1) is 28.6. The van der Waals surface area contributed by atoms with Gasteiger partial charge in [0.2, 0.25) is 5.91 Å². The van der Waals surface area contributed by atoms with Gasteiger partial charge in [-0.25, -0.2) is 15.0 Å². The van der Waals surface area contributed by atoms with Gasteiger partial charge in [-0.2, -0.15) is 5.10 Å². The number of benzene rings is 1. The zero-order valence-corrected chi connectivity index (χ0v) is 21.1. The molecule has 0 spiro atoms. The fourth-order valence-electron chi connectivity index (χ4n) is 3.90. The molecule has 2 atom stereocenters. The topological polar surface area (TPSA) is 161 Å². The van der Waals surface area contributed by atoms with E-state index in [4.69, 9.17) is 15.2 Å². The second-order valence-electron chi connectivity index (χ2n) is 9.80. The summed E-state index contributed by atoms with van der Waals surface area (Å²) in [6.45, 7) is 5.24. The first-order valence-corrected chi connectivity index (χ1v) is 12.1. The number of hydrazone groups is 1. The lowest BCUT2D eigenvalue weighted by Gasteiger charge is -2.24. The van der Waals surface area contributed by atoms with Gasteiger partial charge in [-0.15, -0.1) is 0 Å². The van der Waals surface area contributed by atoms with Gasteiger partial charge in [-0.1, -0.05) is 56.0 Å². The molecular formula is C25H37N5O6. The van der Waals surface area contributed by atoms with Gasteiger partial charge in [0.25, 0.3) is 0 Å². The van der Waals surface area contributed by atoms with Crippen LogP contribution in [0.2, 0.25) is 0 Å². The third kappa shape index (κ3) is 11.7. The van der Waals surface area contributed by atoms with E-state index in [9.17, 15) is 19.2 Å². The Morgan fingerprint density at radius 2 is 1.78 bits per heavy atom. The minimum atomic E-state index is -0.910. The van der Waals surface area contributed by atoms with Crippen LogP contribution in [0.4, 0.5) is 9.59 Å². The van der Waals surface area contributed by atoms with Gasteiger partial charge in [0.1, 0.15) is 18.2 Å². The van der Waals surface area contributed by atoms with Crippen LogP contribution in [-0.2, 0) is 25.7 Å². The van der Waals surface area contributed by atoms with Crippen LogP contribution >= 0.6 is 0 Å². The summed E-state index contributed by atoms with van der Waals surface area (Å²) < 4.78 is 10.6. The minimum Gasteiger partial charge on any atom is -0.460 e. The number of nitrogens with one attached hydrogen (secondary N) is 3. The molecule has 2 rings (SSSR count). The van der Waals surface area contributed by atoms with Crippen molar-refractivity contribution in [1.82, 2.24) is 16.1 Å². The lowest BCUT2D eigenvalue weighted by molar-refractivity contribution is -0.155. The van der Waals surface area contributed by atoms with Crippen LogP contribution in [-0.4, -0.2) is 47.9 Å². The summed E-state index contributed by atoms with van der Waals surface area (Å²) in [6, 6.07) is 6.52. The van der Waals surface area contributed by atoms with Crippen molar-refractivity contribution in [3.8, 4) is 0 Å². The van der Waals surface area contributed by atoms with Crippen LogP contribution in [0.15, 0.2) is 35.4 Å². The second kappa shape index (κ2) is 14.1. The highest BCUT2D eigenvalue weighted by molar-refractivity contribution is 5.89. The van der Waals surface area contributed by atoms with Crippen molar-refractivity contribution in [1.29, 1.82) is 0 Å². The van der Waals surface area contributed by atoms with E-state index in [1.54, 1.807) is 20.8 Å². The van der Waals surface area contributed by atoms with Crippen molar-refractivity contribution in [2.45, 2.75) is 83.6 Å². The third-order valence-electron chi connectivity index (χ3n) is 5.43. The molecule has 4 amide bonds. The molecule has 0 heterocycles. The Hall–Kier alpha value is -3.63. The summed E-state index contributed by atoms with van der Waals surface area (Å²) in [5.41, 5.74) is 7.16. The maximum absolute atomic E-state index is 13.2. The molecule has 0 saturated heterocycles. The Morgan fingerprint density at radius 1 is 1.11 bits per heavy atom. The zero-order valence-electron chi connectivity index (χ0n) is 21.1. The van der Waals surface area contributed by atoms with Crippen molar-refractivity contribution in [2.75, 3.05) is 0 Å². The zero-order chi connectivity index (χ0) is 26.6. The van der Waals surface area contributed by atoms with E-state index in [0.29, 0.717) is 6.42 Å². The molecule has 1 aliphatic rings. The number of carbonyl (C=O) groups is 4. The average molecular weight is 504 g/mol. The Balaban J connectivity index is 2.07. The fraction of sp³-hybridized carbons (Fsp3) is 0.560. The molecule has 0 aromatic heterocycles. The lowest BCUT2D eigenvalue weighted by atomic mass is 9.97. The second-order valence-corrected chi connectivity index (χ2v) is 9.80. The highest BCUT2D eigenvalue weighted by Crippen LogP contribution is 2.28. The molecule has 198 valence electrons. The number of amides is 4. The molecule has 5 N–H and O–H groups in total. The molecule has 0 radical (unpaired) electrons. The molecule has 1 aromatic rings. The van der Waals surface area contributed by atoms with E-state index < -0.39 is 41.7 Å². The molecule has 1 aliphatic carbocycles. The van der Waals surface area contributed by atoms with Crippen molar-refractivity contribution >= 4 is 30.2 Å². The smallest absolute Gasteiger partial charge is 0.408 e. The van der Waals surface area contributed by atoms with Gasteiger partial charge in [0.15, 0.2) is 0 Å². The highest BCUT2D eigenvalue weighted by Gasteiger charge is 2.29. The largest absolute Gasteiger partial charge is 0.460 e. The number of carbonyl (C=O) groups excluding carboxylic acids is 4. The average Bonchev–Trinajstić information content (AvgIpc) is 3.29. The first-order chi connectivity index (χ1) is 17.0. The quantitative estimate of drug-likeness (QED) is 0.206. The normalized spacial score (nSPS) is 15.6. The molecule has 11 nitrogen and oxygen atoms in total. The van der Waals surface area contributed by atoms with Crippen molar-refractivity contribution in [2.24, 2.45) is 16.8 Å². The molecule has 1 aromatic carbocycles. The van der Waals surface area contributed by atoms with Crippen molar-refractivity contribution in [3.05, 3.63) is 35.9 Å². The number of nitrogens with zero attached hydrogens (tertiary/aromatic N) is 1. The number of hydrogen-bond acceptors (Lipinski definition) is 7. The lowest BCUT2D eigenvalue weighted by Crippen LogP contribution is -2.51. The van der Waals surface area contributed by atoms with Crippen molar-refractivity contribution < 1.29 is 28.7 Å². The van der Waals surface area contributed by atoms with Gasteiger partial charge >= 0.3 is 18.1 Å². The SMILES string of the molecule is CC(C)(C)OC(=O)C[C@@H](/C=N/NC(N)=O)NC(=O)[C@H](CC1CCCC1)NC(=O)OCc1ccccc1. The van der Waals surface area contributed by atoms with Gasteiger partial charge < -0.3 is 25.8 Å². The van der Waals surface area contributed by atoms with Crippen molar-refractivity contribution in [3.63, 3.8) is 0 Å². The maximum atomic E-state index is 13.2. The van der Waals surface area contributed by atoms with Crippen LogP contribution in [0.5, 0.6) is 0 Å². The van der Waals surface area contributed by atoms with Gasteiger partial charge in [-0.3, -0.25) is 9.59 Å². The van der Waals surface area contributed by atoms with E-state index >= 15 is 0 Å². The molecule has 1 saturated carbocycles. The summed E-state index contributed by atoms with van der Waals surface area (Å²) in [5, 5.41) is 9.05. The van der Waals surface area contributed by atoms with Gasteiger partial charge in [0.05, 0.1) is 12.5 Å². The Labute approximate surface area is 211 Å². The Kier molecular flexibility index (Phi) is 11.2. The molecule has 1 fully saturated rings. The molecule has 11 heteroatoms. The number of alkyl carbamates (subject to hydrolysis) is 1. The number of esters is 1. The summed E-state index contributed by atoms with van der Waals surface area (Å²) in [6.07, 6.45) is 4.75. The Bertz CT molecular complexity index is 909. The number of ether oxygens (including phenoxy) is 2. The van der Waals surface area contributed by atoms with Crippen LogP contribution in [0.25, 0.3) is 0 Å². The predicted molar refractivity (Wildman–Crippen MR) is 134 cm³/mol. The molecule has 0 aliphatic heterocycles. The van der Waals surface area contributed by atoms with Crippen LogP contribution in [0.3, 0.4) is 0 Å². The highest BCUT2D eigenvalue weighted by atomic mass is 16.6. The van der Waals surface area contributed by atoms with Crippen LogP contribution in [0, 0.1) is 5.92 Å². The summed E-state index contributed by atoms with van der Waals surface area (Å²) in [5.74, 6) is -0.789. The minimum absolute atomic E-state index is 0.0666. The third-order valence-corrected chi connectivity index (χ3v) is 5.43. The van der Waals surface area contributed by atoms with Gasteiger partial charge in [-0.05, 0) is 38.7 Å². The van der Waals surface area contributed by atoms with Crippen LogP contribution in [0.1, 0.15) is 64.9 Å². The van der Waals surface area contributed by atoms with E-state index in [2.05, 4.69) is 15.7 Å². The summed E-state index contributed by atoms with van der Waals surface area (Å²) in [7, 11) is 0. The number of rotatable bonds is 11. The molecule has 36 heavy (non-hydrogen) atoms. The monoisotopic (exact) mass is 503 g/mol. The van der Waals surface area contributed by atoms with Crippen LogP contribution < -0.4 is 21.8 Å². The molecule has 0 bridgehead atoms. The number of hydrogen-bond donors (Lipinski definition) is 4. The molecular weight excluding hydrogens is 466 g/mol. The maximum Gasteiger partial charge on any atom is 0.408 e. The predicted octanol–water partition coefficient (Wildman–Crippen LogP) is 2.73. The standard InChI is InChI=1S/C25H37N5O6/c1-25(2,3)36-21(31)14-19(15-27-30-23(26)33)28-22(32)20(13-17-9-7-8-10-17)29-24(34)35-16-18-11-5-4-6-12-18/h4-6,11-12,15,17,19-20H,7-10,13-14,16H2,1-3H3,(H,28,32)(H,29,34)(H3,26,30,33)/b27-15+/t19-,20-/m0/s1. The van der Waals surface area contributed by atoms with Gasteiger partial charge in [0, 0.05) is 6.21 Å². The fourth-order valence-corrected chi connectivity index (χ4v) is 3.90. The number of primary amides is 1. The number of nitrogens with two attached hydrogens (primary N) is 1. The summed E-state index contributed by atoms with van der Waals surface area (Å²) >= 11 is 0. The first-order valence-electron chi connectivity index (χ1n) is 12.1. The van der Waals surface area contributed by atoms with E-state index in [1.165, 1.54) is 6.21 Å². The summed E-state index contributed by atoms with van der Waals surface area (Å²) in [4.78, 5) is 49.0.